The molecular weight excluding hydrogens is 374 g/mol. The molecule has 150 valence electrons. The van der Waals surface area contributed by atoms with Gasteiger partial charge in [-0.05, 0) is 53.6 Å². The third-order valence-electron chi connectivity index (χ3n) is 4.75. The predicted molar refractivity (Wildman–Crippen MR) is 120 cm³/mol. The van der Waals surface area contributed by atoms with Gasteiger partial charge in [0.25, 0.3) is 5.91 Å². The summed E-state index contributed by atoms with van der Waals surface area (Å²) in [5.41, 5.74) is 2.33. The standard InChI is InChI=1S/C26H23NO3/c1-2-29-25-17-22(13-15-24(25)30-18-19-8-4-3-5-9-19)26(28)27-23-14-12-20-10-6-7-11-21(20)16-23/h3-17H,2,18H2,1H3,(H,27,28). The molecule has 0 fully saturated rings. The zero-order chi connectivity index (χ0) is 20.8. The highest BCUT2D eigenvalue weighted by Gasteiger charge is 2.12. The van der Waals surface area contributed by atoms with E-state index in [0.29, 0.717) is 30.3 Å². The number of rotatable bonds is 7. The Morgan fingerprint density at radius 2 is 1.53 bits per heavy atom. The maximum atomic E-state index is 12.8. The molecule has 0 bridgehead atoms. The number of hydrogen-bond acceptors (Lipinski definition) is 3. The quantitative estimate of drug-likeness (QED) is 0.412. The van der Waals surface area contributed by atoms with E-state index in [4.69, 9.17) is 9.47 Å². The van der Waals surface area contributed by atoms with Crippen molar-refractivity contribution in [1.82, 2.24) is 0 Å². The first kappa shape index (κ1) is 19.5. The molecule has 0 aliphatic carbocycles. The van der Waals surface area contributed by atoms with Crippen LogP contribution in [0.2, 0.25) is 0 Å². The summed E-state index contributed by atoms with van der Waals surface area (Å²) in [6, 6.07) is 29.1. The molecule has 0 spiro atoms. The first-order valence-electron chi connectivity index (χ1n) is 9.96. The number of fused-ring (bicyclic) bond motifs is 1. The summed E-state index contributed by atoms with van der Waals surface area (Å²) in [5, 5.41) is 5.17. The average Bonchev–Trinajstić information content (AvgIpc) is 2.79. The number of hydrogen-bond donors (Lipinski definition) is 1. The van der Waals surface area contributed by atoms with Crippen LogP contribution < -0.4 is 14.8 Å². The summed E-state index contributed by atoms with van der Waals surface area (Å²) >= 11 is 0. The normalized spacial score (nSPS) is 10.6. The largest absolute Gasteiger partial charge is 0.490 e. The molecule has 4 rings (SSSR count). The number of amides is 1. The minimum Gasteiger partial charge on any atom is -0.490 e. The number of ether oxygens (including phenoxy) is 2. The summed E-state index contributed by atoms with van der Waals surface area (Å²) in [6.07, 6.45) is 0. The summed E-state index contributed by atoms with van der Waals surface area (Å²) in [5.74, 6) is 0.975. The molecule has 0 aromatic heterocycles. The smallest absolute Gasteiger partial charge is 0.255 e. The van der Waals surface area contributed by atoms with E-state index in [1.54, 1.807) is 18.2 Å². The highest BCUT2D eigenvalue weighted by Crippen LogP contribution is 2.30. The molecule has 1 N–H and O–H groups in total. The number of carbonyl (C=O) groups is 1. The lowest BCUT2D eigenvalue weighted by Gasteiger charge is -2.14. The summed E-state index contributed by atoms with van der Waals surface area (Å²) in [6.45, 7) is 2.82. The van der Waals surface area contributed by atoms with Gasteiger partial charge in [0.15, 0.2) is 11.5 Å². The zero-order valence-corrected chi connectivity index (χ0v) is 16.8. The molecule has 4 aromatic carbocycles. The van der Waals surface area contributed by atoms with Gasteiger partial charge in [-0.25, -0.2) is 0 Å². The van der Waals surface area contributed by atoms with E-state index >= 15 is 0 Å². The van der Waals surface area contributed by atoms with Crippen molar-refractivity contribution in [3.05, 3.63) is 102 Å². The zero-order valence-electron chi connectivity index (χ0n) is 16.8. The molecule has 0 aliphatic rings. The van der Waals surface area contributed by atoms with Gasteiger partial charge in [-0.1, -0.05) is 60.7 Å². The lowest BCUT2D eigenvalue weighted by molar-refractivity contribution is 0.102. The number of carbonyl (C=O) groups excluding carboxylic acids is 1. The van der Waals surface area contributed by atoms with E-state index in [1.165, 1.54) is 0 Å². The van der Waals surface area contributed by atoms with Crippen molar-refractivity contribution >= 4 is 22.4 Å². The molecule has 0 saturated heterocycles. The van der Waals surface area contributed by atoms with E-state index in [2.05, 4.69) is 5.32 Å². The molecule has 0 unspecified atom stereocenters. The summed E-state index contributed by atoms with van der Waals surface area (Å²) in [7, 11) is 0. The van der Waals surface area contributed by atoms with Gasteiger partial charge in [0.2, 0.25) is 0 Å². The van der Waals surface area contributed by atoms with Crippen molar-refractivity contribution < 1.29 is 14.3 Å². The first-order valence-corrected chi connectivity index (χ1v) is 9.96. The number of anilines is 1. The van der Waals surface area contributed by atoms with Crippen LogP contribution in [0, 0.1) is 0 Å². The second-order valence-corrected chi connectivity index (χ2v) is 6.88. The van der Waals surface area contributed by atoms with E-state index in [-0.39, 0.29) is 5.91 Å². The van der Waals surface area contributed by atoms with Crippen LogP contribution in [0.3, 0.4) is 0 Å². The second kappa shape index (κ2) is 9.14. The average molecular weight is 397 g/mol. The molecule has 4 heteroatoms. The number of nitrogens with one attached hydrogen (secondary N) is 1. The van der Waals surface area contributed by atoms with Gasteiger partial charge in [0.1, 0.15) is 6.61 Å². The Kier molecular flexibility index (Phi) is 5.95. The van der Waals surface area contributed by atoms with Gasteiger partial charge in [0, 0.05) is 11.3 Å². The molecule has 4 aromatic rings. The Morgan fingerprint density at radius 3 is 2.33 bits per heavy atom. The van der Waals surface area contributed by atoms with Crippen LogP contribution in [-0.4, -0.2) is 12.5 Å². The fourth-order valence-corrected chi connectivity index (χ4v) is 3.24. The minimum atomic E-state index is -0.194. The van der Waals surface area contributed by atoms with Crippen LogP contribution in [0.15, 0.2) is 91.0 Å². The Balaban J connectivity index is 1.51. The van der Waals surface area contributed by atoms with Gasteiger partial charge < -0.3 is 14.8 Å². The molecule has 0 heterocycles. The Labute approximate surface area is 176 Å². The Bertz CT molecular complexity index is 1160. The van der Waals surface area contributed by atoms with Gasteiger partial charge in [0.05, 0.1) is 6.61 Å². The maximum Gasteiger partial charge on any atom is 0.255 e. The second-order valence-electron chi connectivity index (χ2n) is 6.88. The minimum absolute atomic E-state index is 0.194. The van der Waals surface area contributed by atoms with Crippen LogP contribution in [-0.2, 0) is 6.61 Å². The topological polar surface area (TPSA) is 47.6 Å². The summed E-state index contributed by atoms with van der Waals surface area (Å²) < 4.78 is 11.6. The first-order chi connectivity index (χ1) is 14.7. The molecule has 0 aliphatic heterocycles. The van der Waals surface area contributed by atoms with Crippen LogP contribution >= 0.6 is 0 Å². The van der Waals surface area contributed by atoms with Crippen LogP contribution in [0.25, 0.3) is 10.8 Å². The Morgan fingerprint density at radius 1 is 0.767 bits per heavy atom. The van der Waals surface area contributed by atoms with Crippen molar-refractivity contribution in [1.29, 1.82) is 0 Å². The van der Waals surface area contributed by atoms with Gasteiger partial charge in [-0.2, -0.15) is 0 Å². The molecule has 0 atom stereocenters. The molecule has 0 saturated carbocycles. The van der Waals surface area contributed by atoms with Crippen molar-refractivity contribution in [3.8, 4) is 11.5 Å². The van der Waals surface area contributed by atoms with Gasteiger partial charge in [-0.15, -0.1) is 0 Å². The monoisotopic (exact) mass is 397 g/mol. The lowest BCUT2D eigenvalue weighted by atomic mass is 10.1. The number of benzene rings is 4. The third kappa shape index (κ3) is 4.61. The predicted octanol–water partition coefficient (Wildman–Crippen LogP) is 6.07. The maximum absolute atomic E-state index is 12.8. The molecule has 30 heavy (non-hydrogen) atoms. The van der Waals surface area contributed by atoms with Crippen LogP contribution in [0.5, 0.6) is 11.5 Å². The van der Waals surface area contributed by atoms with Crippen LogP contribution in [0.4, 0.5) is 5.69 Å². The van der Waals surface area contributed by atoms with E-state index in [9.17, 15) is 4.79 Å². The van der Waals surface area contributed by atoms with Crippen molar-refractivity contribution in [2.24, 2.45) is 0 Å². The molecular formula is C26H23NO3. The summed E-state index contributed by atoms with van der Waals surface area (Å²) in [4.78, 5) is 12.8. The third-order valence-corrected chi connectivity index (χ3v) is 4.75. The lowest BCUT2D eigenvalue weighted by Crippen LogP contribution is -2.12. The van der Waals surface area contributed by atoms with E-state index in [1.807, 2.05) is 79.7 Å². The SMILES string of the molecule is CCOc1cc(C(=O)Nc2ccc3ccccc3c2)ccc1OCc1ccccc1. The molecule has 0 radical (unpaired) electrons. The van der Waals surface area contributed by atoms with Crippen molar-refractivity contribution in [2.45, 2.75) is 13.5 Å². The van der Waals surface area contributed by atoms with E-state index in [0.717, 1.165) is 22.0 Å². The van der Waals surface area contributed by atoms with Crippen molar-refractivity contribution in [3.63, 3.8) is 0 Å². The highest BCUT2D eigenvalue weighted by atomic mass is 16.5. The van der Waals surface area contributed by atoms with E-state index < -0.39 is 0 Å². The van der Waals surface area contributed by atoms with Crippen LogP contribution in [0.1, 0.15) is 22.8 Å². The molecule has 4 nitrogen and oxygen atoms in total. The molecule has 1 amide bonds. The fraction of sp³-hybridized carbons (Fsp3) is 0.115. The van der Waals surface area contributed by atoms with Gasteiger partial charge in [-0.3, -0.25) is 4.79 Å². The van der Waals surface area contributed by atoms with Crippen molar-refractivity contribution in [2.75, 3.05) is 11.9 Å². The fourth-order valence-electron chi connectivity index (χ4n) is 3.24. The highest BCUT2D eigenvalue weighted by molar-refractivity contribution is 6.05. The van der Waals surface area contributed by atoms with Gasteiger partial charge >= 0.3 is 0 Å². The Hall–Kier alpha value is -3.79.